The zero-order valence-corrected chi connectivity index (χ0v) is 21.1. The Kier molecular flexibility index (Phi) is 8.36. The summed E-state index contributed by atoms with van der Waals surface area (Å²) in [5.74, 6) is 0.979. The Hall–Kier alpha value is -3.67. The Morgan fingerprint density at radius 2 is 1.75 bits per heavy atom. The van der Waals surface area contributed by atoms with Gasteiger partial charge in [0.2, 0.25) is 15.2 Å². The third-order valence-corrected chi connectivity index (χ3v) is 7.43. The molecule has 9 nitrogen and oxygen atoms in total. The number of carbonyl (C=O) groups excluding carboxylic acids is 1. The largest absolute Gasteiger partial charge is 0.495 e. The predicted molar refractivity (Wildman–Crippen MR) is 138 cm³/mol. The fourth-order valence-electron chi connectivity index (χ4n) is 3.32. The van der Waals surface area contributed by atoms with Crippen LogP contribution in [0.3, 0.4) is 0 Å². The zero-order valence-electron chi connectivity index (χ0n) is 19.5. The number of aromatic amines is 1. The molecule has 11 heteroatoms. The van der Waals surface area contributed by atoms with E-state index in [1.807, 2.05) is 60.7 Å². The van der Waals surface area contributed by atoms with Crippen molar-refractivity contribution in [2.24, 2.45) is 0 Å². The van der Waals surface area contributed by atoms with Crippen molar-refractivity contribution in [3.05, 3.63) is 90.0 Å². The zero-order chi connectivity index (χ0) is 25.4. The van der Waals surface area contributed by atoms with Crippen LogP contribution in [0.4, 0.5) is 0 Å². The summed E-state index contributed by atoms with van der Waals surface area (Å²) in [7, 11) is -2.53. The molecule has 0 fully saturated rings. The Bertz CT molecular complexity index is 1410. The van der Waals surface area contributed by atoms with Gasteiger partial charge in [0.25, 0.3) is 5.91 Å². The number of ether oxygens (including phenoxy) is 1. The van der Waals surface area contributed by atoms with E-state index in [9.17, 15) is 13.2 Å². The smallest absolute Gasteiger partial charge is 0.251 e. The number of hydrogen-bond acceptors (Lipinski definition) is 7. The van der Waals surface area contributed by atoms with E-state index in [-0.39, 0.29) is 22.8 Å². The van der Waals surface area contributed by atoms with Crippen LogP contribution in [0.2, 0.25) is 0 Å². The van der Waals surface area contributed by atoms with E-state index < -0.39 is 15.9 Å². The molecule has 3 N–H and O–H groups in total. The highest BCUT2D eigenvalue weighted by Crippen LogP contribution is 2.25. The number of aromatic nitrogens is 3. The summed E-state index contributed by atoms with van der Waals surface area (Å²) >= 11 is 1.40. The van der Waals surface area contributed by atoms with Gasteiger partial charge in [-0.05, 0) is 23.8 Å². The molecule has 36 heavy (non-hydrogen) atoms. The minimum Gasteiger partial charge on any atom is -0.495 e. The summed E-state index contributed by atoms with van der Waals surface area (Å²) in [6.07, 6.45) is 0. The number of thioether (sulfide) groups is 1. The van der Waals surface area contributed by atoms with E-state index in [4.69, 9.17) is 4.74 Å². The lowest BCUT2D eigenvalue weighted by molar-refractivity contribution is 0.0956. The average molecular weight is 524 g/mol. The fraction of sp³-hybridized carbons (Fsp3) is 0.160. The Morgan fingerprint density at radius 1 is 1.03 bits per heavy atom. The molecule has 1 amide bonds. The van der Waals surface area contributed by atoms with Gasteiger partial charge in [0, 0.05) is 30.0 Å². The van der Waals surface area contributed by atoms with Crippen LogP contribution < -0.4 is 14.8 Å². The molecular formula is C25H25N5O4S2. The van der Waals surface area contributed by atoms with Crippen molar-refractivity contribution >= 4 is 27.7 Å². The molecule has 0 unspecified atom stereocenters. The van der Waals surface area contributed by atoms with Crippen LogP contribution >= 0.6 is 11.8 Å². The molecule has 3 aromatic carbocycles. The third kappa shape index (κ3) is 6.51. The van der Waals surface area contributed by atoms with Gasteiger partial charge in [0.15, 0.2) is 5.82 Å². The van der Waals surface area contributed by atoms with Gasteiger partial charge < -0.3 is 10.1 Å². The molecule has 4 aromatic rings. The summed E-state index contributed by atoms with van der Waals surface area (Å²) in [4.78, 5) is 17.0. The SMILES string of the molecule is COc1ccc(C(=O)NCCSc2n[nH]c(-c3ccccc3)n2)cc1S(=O)(=O)NCc1ccccc1. The lowest BCUT2D eigenvalue weighted by Crippen LogP contribution is -2.27. The molecule has 0 saturated carbocycles. The molecule has 0 radical (unpaired) electrons. The lowest BCUT2D eigenvalue weighted by atomic mass is 10.2. The molecule has 0 atom stereocenters. The maximum atomic E-state index is 12.9. The van der Waals surface area contributed by atoms with Crippen LogP contribution in [0, 0.1) is 0 Å². The number of carbonyl (C=O) groups is 1. The standard InChI is InChI=1S/C25H25N5O4S2/c1-34-21-13-12-20(16-22(21)36(32,33)27-17-18-8-4-2-5-9-18)24(31)26-14-15-35-25-28-23(29-30-25)19-10-6-3-7-11-19/h2-13,16,27H,14-15,17H2,1H3,(H,26,31)(H,28,29,30). The van der Waals surface area contributed by atoms with Gasteiger partial charge in [-0.25, -0.2) is 18.1 Å². The molecule has 4 rings (SSSR count). The summed E-state index contributed by atoms with van der Waals surface area (Å²) in [5, 5.41) is 10.5. The van der Waals surface area contributed by atoms with E-state index in [1.54, 1.807) is 0 Å². The van der Waals surface area contributed by atoms with E-state index in [0.29, 0.717) is 23.3 Å². The molecule has 0 aliphatic rings. The number of methoxy groups -OCH3 is 1. The van der Waals surface area contributed by atoms with E-state index >= 15 is 0 Å². The van der Waals surface area contributed by atoms with Crippen LogP contribution in [0.5, 0.6) is 5.75 Å². The first kappa shape index (κ1) is 25.4. The number of H-pyrrole nitrogens is 1. The van der Waals surface area contributed by atoms with Crippen LogP contribution in [-0.4, -0.2) is 48.9 Å². The van der Waals surface area contributed by atoms with Crippen molar-refractivity contribution in [2.45, 2.75) is 16.6 Å². The van der Waals surface area contributed by atoms with Crippen LogP contribution in [0.15, 0.2) is 88.9 Å². The van der Waals surface area contributed by atoms with Crippen molar-refractivity contribution < 1.29 is 17.9 Å². The van der Waals surface area contributed by atoms with Crippen molar-refractivity contribution in [1.29, 1.82) is 0 Å². The van der Waals surface area contributed by atoms with Crippen molar-refractivity contribution in [2.75, 3.05) is 19.4 Å². The van der Waals surface area contributed by atoms with Gasteiger partial charge in [0.1, 0.15) is 10.6 Å². The molecule has 0 spiro atoms. The number of benzene rings is 3. The molecule has 1 heterocycles. The highest BCUT2D eigenvalue weighted by Gasteiger charge is 2.21. The Morgan fingerprint density at radius 3 is 2.47 bits per heavy atom. The quantitative estimate of drug-likeness (QED) is 0.203. The van der Waals surface area contributed by atoms with Crippen molar-refractivity contribution in [1.82, 2.24) is 25.2 Å². The molecule has 0 aliphatic carbocycles. The van der Waals surface area contributed by atoms with Gasteiger partial charge in [-0.2, -0.15) is 0 Å². The van der Waals surface area contributed by atoms with Crippen LogP contribution in [0.1, 0.15) is 15.9 Å². The highest BCUT2D eigenvalue weighted by atomic mass is 32.2. The molecule has 0 aliphatic heterocycles. The summed E-state index contributed by atoms with van der Waals surface area (Å²) in [6, 6.07) is 23.1. The van der Waals surface area contributed by atoms with Crippen LogP contribution in [0.25, 0.3) is 11.4 Å². The Balaban J connectivity index is 1.34. The molecule has 1 aromatic heterocycles. The van der Waals surface area contributed by atoms with E-state index in [0.717, 1.165) is 11.1 Å². The highest BCUT2D eigenvalue weighted by molar-refractivity contribution is 7.99. The minimum atomic E-state index is -3.92. The monoisotopic (exact) mass is 523 g/mol. The number of rotatable bonds is 11. The van der Waals surface area contributed by atoms with Crippen molar-refractivity contribution in [3.8, 4) is 17.1 Å². The second-order valence-electron chi connectivity index (χ2n) is 7.61. The van der Waals surface area contributed by atoms with Crippen molar-refractivity contribution in [3.63, 3.8) is 0 Å². The summed E-state index contributed by atoms with van der Waals surface area (Å²) < 4.78 is 33.7. The molecule has 186 valence electrons. The van der Waals surface area contributed by atoms with Gasteiger partial charge in [-0.1, -0.05) is 72.4 Å². The maximum absolute atomic E-state index is 12.9. The van der Waals surface area contributed by atoms with E-state index in [2.05, 4.69) is 25.2 Å². The van der Waals surface area contributed by atoms with E-state index in [1.165, 1.54) is 37.1 Å². The Labute approximate surface area is 213 Å². The minimum absolute atomic E-state index is 0.0999. The summed E-state index contributed by atoms with van der Waals surface area (Å²) in [5.41, 5.74) is 1.97. The van der Waals surface area contributed by atoms with Gasteiger partial charge in [-0.15, -0.1) is 5.10 Å². The third-order valence-electron chi connectivity index (χ3n) is 5.16. The first-order valence-corrected chi connectivity index (χ1v) is 13.5. The number of nitrogens with one attached hydrogen (secondary N) is 3. The number of nitrogens with zero attached hydrogens (tertiary/aromatic N) is 2. The normalized spacial score (nSPS) is 11.2. The first-order chi connectivity index (χ1) is 17.5. The number of hydrogen-bond donors (Lipinski definition) is 3. The topological polar surface area (TPSA) is 126 Å². The summed E-state index contributed by atoms with van der Waals surface area (Å²) in [6.45, 7) is 0.465. The predicted octanol–water partition coefficient (Wildman–Crippen LogP) is 3.48. The fourth-order valence-corrected chi connectivity index (χ4v) is 5.19. The second-order valence-corrected chi connectivity index (χ2v) is 10.4. The number of sulfonamides is 1. The van der Waals surface area contributed by atoms with Gasteiger partial charge in [-0.3, -0.25) is 9.89 Å². The molecule has 0 saturated heterocycles. The van der Waals surface area contributed by atoms with Crippen LogP contribution in [-0.2, 0) is 16.6 Å². The number of amides is 1. The lowest BCUT2D eigenvalue weighted by Gasteiger charge is -2.13. The second kappa shape index (κ2) is 11.8. The molecular weight excluding hydrogens is 498 g/mol. The van der Waals surface area contributed by atoms with Gasteiger partial charge in [0.05, 0.1) is 7.11 Å². The average Bonchev–Trinajstić information content (AvgIpc) is 3.39. The first-order valence-electron chi connectivity index (χ1n) is 11.1. The molecule has 0 bridgehead atoms. The maximum Gasteiger partial charge on any atom is 0.251 e. The van der Waals surface area contributed by atoms with Gasteiger partial charge >= 0.3 is 0 Å².